The van der Waals surface area contributed by atoms with E-state index in [4.69, 9.17) is 4.74 Å². The van der Waals surface area contributed by atoms with Crippen LogP contribution in [0.1, 0.15) is 21.6 Å². The normalized spacial score (nSPS) is 15.1. The van der Waals surface area contributed by atoms with Gasteiger partial charge in [0.2, 0.25) is 0 Å². The van der Waals surface area contributed by atoms with Gasteiger partial charge in [-0.1, -0.05) is 30.3 Å². The van der Waals surface area contributed by atoms with E-state index in [9.17, 15) is 4.79 Å². The fourth-order valence-electron chi connectivity index (χ4n) is 3.83. The minimum Gasteiger partial charge on any atom is -0.378 e. The zero-order valence-corrected chi connectivity index (χ0v) is 15.4. The second-order valence-corrected chi connectivity index (χ2v) is 7.04. The van der Waals surface area contributed by atoms with Crippen LogP contribution in [-0.2, 0) is 11.2 Å². The molecule has 2 aliphatic rings. The molecule has 1 aliphatic heterocycles. The Morgan fingerprint density at radius 1 is 0.929 bits per heavy atom. The van der Waals surface area contributed by atoms with E-state index in [0.717, 1.165) is 31.0 Å². The predicted octanol–water partition coefficient (Wildman–Crippen LogP) is 3.14. The van der Waals surface area contributed by atoms with Crippen LogP contribution in [0.25, 0.3) is 11.1 Å². The third-order valence-corrected chi connectivity index (χ3v) is 5.27. The summed E-state index contributed by atoms with van der Waals surface area (Å²) in [7, 11) is 0. The number of fused-ring (bicyclic) bond motifs is 3. The van der Waals surface area contributed by atoms with E-state index in [2.05, 4.69) is 50.7 Å². The van der Waals surface area contributed by atoms with Crippen LogP contribution in [0, 0.1) is 0 Å². The first-order valence-electron chi connectivity index (χ1n) is 9.47. The summed E-state index contributed by atoms with van der Waals surface area (Å²) in [5, 5.41) is 11.3. The lowest BCUT2D eigenvalue weighted by molar-refractivity contribution is 0.102. The fourth-order valence-corrected chi connectivity index (χ4v) is 3.83. The molecule has 1 aromatic heterocycles. The highest BCUT2D eigenvalue weighted by atomic mass is 16.5. The number of morpholine rings is 1. The molecule has 1 aliphatic carbocycles. The number of ether oxygens (including phenoxy) is 1. The number of nitrogens with one attached hydrogen (secondary N) is 1. The van der Waals surface area contributed by atoms with Crippen LogP contribution in [0.4, 0.5) is 11.5 Å². The van der Waals surface area contributed by atoms with E-state index in [1.165, 1.54) is 22.3 Å². The number of anilines is 2. The second kappa shape index (κ2) is 7.05. The van der Waals surface area contributed by atoms with Gasteiger partial charge in [-0.25, -0.2) is 0 Å². The van der Waals surface area contributed by atoms with E-state index >= 15 is 0 Å². The minimum atomic E-state index is -0.253. The Morgan fingerprint density at radius 3 is 2.57 bits per heavy atom. The third-order valence-electron chi connectivity index (χ3n) is 5.27. The molecule has 6 nitrogen and oxygen atoms in total. The molecule has 3 aromatic rings. The summed E-state index contributed by atoms with van der Waals surface area (Å²) in [5.74, 6) is 0.520. The topological polar surface area (TPSA) is 67.4 Å². The average Bonchev–Trinajstić information content (AvgIpc) is 3.12. The Kier molecular flexibility index (Phi) is 4.25. The van der Waals surface area contributed by atoms with Crippen molar-refractivity contribution < 1.29 is 9.53 Å². The van der Waals surface area contributed by atoms with Crippen LogP contribution >= 0.6 is 0 Å². The van der Waals surface area contributed by atoms with Gasteiger partial charge in [0.25, 0.3) is 5.91 Å². The van der Waals surface area contributed by atoms with Gasteiger partial charge in [0.15, 0.2) is 11.5 Å². The Morgan fingerprint density at radius 2 is 1.75 bits per heavy atom. The molecule has 1 amide bonds. The van der Waals surface area contributed by atoms with E-state index in [0.29, 0.717) is 18.9 Å². The number of carbonyl (C=O) groups excluding carboxylic acids is 1. The molecule has 1 fully saturated rings. The van der Waals surface area contributed by atoms with Gasteiger partial charge in [-0.05, 0) is 52.9 Å². The molecule has 5 rings (SSSR count). The van der Waals surface area contributed by atoms with Crippen molar-refractivity contribution in [3.8, 4) is 11.1 Å². The van der Waals surface area contributed by atoms with Gasteiger partial charge in [-0.2, -0.15) is 0 Å². The van der Waals surface area contributed by atoms with Gasteiger partial charge in [-0.15, -0.1) is 10.2 Å². The summed E-state index contributed by atoms with van der Waals surface area (Å²) >= 11 is 0. The number of rotatable bonds is 3. The van der Waals surface area contributed by atoms with Gasteiger partial charge in [0.05, 0.1) is 13.2 Å². The summed E-state index contributed by atoms with van der Waals surface area (Å²) in [6.45, 7) is 2.95. The van der Waals surface area contributed by atoms with Crippen LogP contribution < -0.4 is 10.2 Å². The molecule has 6 heteroatoms. The average molecular weight is 372 g/mol. The highest BCUT2D eigenvalue weighted by Crippen LogP contribution is 2.37. The fraction of sp³-hybridized carbons (Fsp3) is 0.227. The van der Waals surface area contributed by atoms with Crippen molar-refractivity contribution in [3.63, 3.8) is 0 Å². The van der Waals surface area contributed by atoms with E-state index < -0.39 is 0 Å². The van der Waals surface area contributed by atoms with Crippen LogP contribution in [0.2, 0.25) is 0 Å². The summed E-state index contributed by atoms with van der Waals surface area (Å²) in [6.07, 6.45) is 0.892. The van der Waals surface area contributed by atoms with Crippen LogP contribution in [-0.4, -0.2) is 42.4 Å². The maximum atomic E-state index is 12.6. The highest BCUT2D eigenvalue weighted by molar-refractivity contribution is 6.03. The van der Waals surface area contributed by atoms with Crippen molar-refractivity contribution in [2.24, 2.45) is 0 Å². The lowest BCUT2D eigenvalue weighted by Gasteiger charge is -2.27. The lowest BCUT2D eigenvalue weighted by atomic mass is 10.1. The Bertz CT molecular complexity index is 1030. The Labute approximate surface area is 163 Å². The largest absolute Gasteiger partial charge is 0.378 e. The molecule has 0 atom stereocenters. The SMILES string of the molecule is O=C(Nc1ccc2c(c1)Cc1ccccc1-2)c1ccc(N2CCOCC2)nn1. The summed E-state index contributed by atoms with van der Waals surface area (Å²) in [4.78, 5) is 14.7. The van der Waals surface area contributed by atoms with Crippen molar-refractivity contribution in [2.75, 3.05) is 36.5 Å². The molecule has 2 heterocycles. The molecule has 140 valence electrons. The smallest absolute Gasteiger partial charge is 0.276 e. The molecule has 0 bridgehead atoms. The molecule has 1 N–H and O–H groups in total. The van der Waals surface area contributed by atoms with Gasteiger partial charge in [0.1, 0.15) is 0 Å². The number of hydrogen-bond donors (Lipinski definition) is 1. The zero-order chi connectivity index (χ0) is 18.9. The van der Waals surface area contributed by atoms with Gasteiger partial charge in [-0.3, -0.25) is 4.79 Å². The van der Waals surface area contributed by atoms with Gasteiger partial charge < -0.3 is 15.0 Å². The number of amides is 1. The second-order valence-electron chi connectivity index (χ2n) is 7.04. The molecule has 2 aromatic carbocycles. The molecule has 0 unspecified atom stereocenters. The number of benzene rings is 2. The van der Waals surface area contributed by atoms with Crippen molar-refractivity contribution >= 4 is 17.4 Å². The molecular weight excluding hydrogens is 352 g/mol. The van der Waals surface area contributed by atoms with E-state index in [1.54, 1.807) is 6.07 Å². The molecule has 1 saturated heterocycles. The number of carbonyl (C=O) groups is 1. The number of hydrogen-bond acceptors (Lipinski definition) is 5. The van der Waals surface area contributed by atoms with Crippen molar-refractivity contribution in [1.29, 1.82) is 0 Å². The van der Waals surface area contributed by atoms with Crippen molar-refractivity contribution in [2.45, 2.75) is 6.42 Å². The third kappa shape index (κ3) is 3.12. The number of nitrogens with zero attached hydrogens (tertiary/aromatic N) is 3. The Hall–Kier alpha value is -3.25. The first kappa shape index (κ1) is 16.9. The quantitative estimate of drug-likeness (QED) is 0.598. The lowest BCUT2D eigenvalue weighted by Crippen LogP contribution is -2.37. The zero-order valence-electron chi connectivity index (χ0n) is 15.4. The summed E-state index contributed by atoms with van der Waals surface area (Å²) < 4.78 is 5.35. The number of aromatic nitrogens is 2. The minimum absolute atomic E-state index is 0.253. The molecule has 0 saturated carbocycles. The van der Waals surface area contributed by atoms with Crippen molar-refractivity contribution in [3.05, 3.63) is 71.4 Å². The maximum Gasteiger partial charge on any atom is 0.276 e. The Balaban J connectivity index is 1.30. The summed E-state index contributed by atoms with van der Waals surface area (Å²) in [6, 6.07) is 18.0. The van der Waals surface area contributed by atoms with E-state index in [-0.39, 0.29) is 5.91 Å². The van der Waals surface area contributed by atoms with Crippen LogP contribution in [0.5, 0.6) is 0 Å². The summed E-state index contributed by atoms with van der Waals surface area (Å²) in [5.41, 5.74) is 6.15. The van der Waals surface area contributed by atoms with Gasteiger partial charge >= 0.3 is 0 Å². The van der Waals surface area contributed by atoms with E-state index in [1.807, 2.05) is 18.2 Å². The van der Waals surface area contributed by atoms with Gasteiger partial charge in [0, 0.05) is 18.8 Å². The van der Waals surface area contributed by atoms with Crippen molar-refractivity contribution in [1.82, 2.24) is 10.2 Å². The predicted molar refractivity (Wildman–Crippen MR) is 108 cm³/mol. The van der Waals surface area contributed by atoms with Crippen LogP contribution in [0.15, 0.2) is 54.6 Å². The molecule has 28 heavy (non-hydrogen) atoms. The molecule has 0 spiro atoms. The molecular formula is C22H20N4O2. The standard InChI is InChI=1S/C22H20N4O2/c27-22(20-7-8-21(25-24-20)26-9-11-28-12-10-26)23-17-5-6-19-16(14-17)13-15-3-1-2-4-18(15)19/h1-8,14H,9-13H2,(H,23,27). The first-order valence-corrected chi connectivity index (χ1v) is 9.47. The molecule has 0 radical (unpaired) electrons. The monoisotopic (exact) mass is 372 g/mol. The maximum absolute atomic E-state index is 12.6. The highest BCUT2D eigenvalue weighted by Gasteiger charge is 2.19. The van der Waals surface area contributed by atoms with Crippen LogP contribution in [0.3, 0.4) is 0 Å². The first-order chi connectivity index (χ1) is 13.8.